The molecule has 1 amide bonds. The Morgan fingerprint density at radius 2 is 1.74 bits per heavy atom. The fraction of sp³-hybridized carbons (Fsp3) is 0.310. The van der Waals surface area contributed by atoms with Gasteiger partial charge in [0.2, 0.25) is 11.7 Å². The molecule has 0 bridgehead atoms. The van der Waals surface area contributed by atoms with Crippen molar-refractivity contribution in [3.05, 3.63) is 84.0 Å². The van der Waals surface area contributed by atoms with Crippen LogP contribution in [0.5, 0.6) is 5.75 Å². The Morgan fingerprint density at radius 1 is 1.03 bits per heavy atom. The molecule has 1 N–H and O–H groups in total. The summed E-state index contributed by atoms with van der Waals surface area (Å²) in [5, 5.41) is 2.90. The van der Waals surface area contributed by atoms with Gasteiger partial charge in [-0.25, -0.2) is 9.97 Å². The number of hydrogen-bond donors (Lipinski definition) is 1. The van der Waals surface area contributed by atoms with E-state index < -0.39 is 0 Å². The van der Waals surface area contributed by atoms with Gasteiger partial charge in [-0.2, -0.15) is 0 Å². The van der Waals surface area contributed by atoms with Gasteiger partial charge in [0.1, 0.15) is 17.3 Å². The lowest BCUT2D eigenvalue weighted by atomic mass is 10.1. The fourth-order valence-corrected chi connectivity index (χ4v) is 3.85. The van der Waals surface area contributed by atoms with Crippen molar-refractivity contribution in [2.24, 2.45) is 0 Å². The van der Waals surface area contributed by atoms with E-state index in [2.05, 4.69) is 31.7 Å². The summed E-state index contributed by atoms with van der Waals surface area (Å²) in [7, 11) is 11.5. The Morgan fingerprint density at radius 3 is 2.34 bits per heavy atom. The monoisotopic (exact) mass is 516 g/mol. The van der Waals surface area contributed by atoms with E-state index in [1.807, 2.05) is 64.4 Å². The molecule has 0 aliphatic heterocycles. The highest BCUT2D eigenvalue weighted by atomic mass is 16.5. The number of likely N-dealkylation sites (N-methyl/N-ethyl adjacent to an activating group) is 2. The van der Waals surface area contributed by atoms with E-state index in [1.165, 1.54) is 6.08 Å². The number of carbonyl (C=O) groups is 2. The number of nitrogens with one attached hydrogen (secondary N) is 1. The Kier molecular flexibility index (Phi) is 9.56. The second kappa shape index (κ2) is 12.8. The third-order valence-electron chi connectivity index (χ3n) is 6.07. The number of nitrogens with zero attached hydrogens (tertiary/aromatic N) is 5. The lowest BCUT2D eigenvalue weighted by Crippen LogP contribution is -2.29. The van der Waals surface area contributed by atoms with Crippen LogP contribution in [0.15, 0.2) is 61.3 Å². The molecule has 0 aliphatic carbocycles. The molecule has 0 spiro atoms. The van der Waals surface area contributed by atoms with Crippen molar-refractivity contribution in [1.29, 1.82) is 0 Å². The Bertz CT molecular complexity index is 1290. The Balaban J connectivity index is 1.93. The quantitative estimate of drug-likeness (QED) is 0.289. The highest BCUT2D eigenvalue weighted by Crippen LogP contribution is 2.34. The molecule has 2 aromatic carbocycles. The Labute approximate surface area is 224 Å². The van der Waals surface area contributed by atoms with Gasteiger partial charge < -0.3 is 24.8 Å². The number of benzene rings is 2. The van der Waals surface area contributed by atoms with E-state index >= 15 is 0 Å². The van der Waals surface area contributed by atoms with Crippen LogP contribution in [0.4, 0.5) is 17.1 Å². The molecule has 0 unspecified atom stereocenters. The van der Waals surface area contributed by atoms with E-state index in [9.17, 15) is 9.59 Å². The van der Waals surface area contributed by atoms with Crippen LogP contribution in [0.3, 0.4) is 0 Å². The van der Waals surface area contributed by atoms with E-state index in [4.69, 9.17) is 4.74 Å². The molecular formula is C29H36N6O3. The van der Waals surface area contributed by atoms with Crippen molar-refractivity contribution in [1.82, 2.24) is 14.9 Å². The summed E-state index contributed by atoms with van der Waals surface area (Å²) < 4.78 is 5.70. The predicted octanol–water partition coefficient (Wildman–Crippen LogP) is 3.50. The standard InChI is InChI=1S/C29H36N6O3/c1-8-28(36)32-24-17-21(26(38-7)19-25(24)35(6)16-15-33(2)3)18-27-30-14-13-23(31-27)29(37)20-9-11-22(12-10-20)34(4)5/h8-14,17,19H,1,15-16,18H2,2-7H3,(H,32,36). The van der Waals surface area contributed by atoms with Gasteiger partial charge in [-0.05, 0) is 56.6 Å². The average molecular weight is 517 g/mol. The van der Waals surface area contributed by atoms with Gasteiger partial charge in [-0.3, -0.25) is 9.59 Å². The fourth-order valence-electron chi connectivity index (χ4n) is 3.85. The minimum Gasteiger partial charge on any atom is -0.496 e. The number of ether oxygens (including phenoxy) is 1. The van der Waals surface area contributed by atoms with Crippen molar-refractivity contribution < 1.29 is 14.3 Å². The van der Waals surface area contributed by atoms with Crippen LogP contribution in [0, 0.1) is 0 Å². The van der Waals surface area contributed by atoms with Crippen LogP contribution in [-0.4, -0.2) is 82.0 Å². The second-order valence-corrected chi connectivity index (χ2v) is 9.40. The Hall–Kier alpha value is -4.24. The van der Waals surface area contributed by atoms with Gasteiger partial charge in [-0.15, -0.1) is 0 Å². The van der Waals surface area contributed by atoms with Gasteiger partial charge in [0.25, 0.3) is 0 Å². The van der Waals surface area contributed by atoms with Crippen LogP contribution in [0.25, 0.3) is 0 Å². The highest BCUT2D eigenvalue weighted by molar-refractivity contribution is 6.07. The van der Waals surface area contributed by atoms with Gasteiger partial charge >= 0.3 is 0 Å². The average Bonchev–Trinajstić information content (AvgIpc) is 2.91. The molecule has 1 aromatic heterocycles. The number of anilines is 3. The molecule has 0 atom stereocenters. The molecule has 1 heterocycles. The van der Waals surface area contributed by atoms with Crippen LogP contribution in [-0.2, 0) is 11.2 Å². The second-order valence-electron chi connectivity index (χ2n) is 9.40. The summed E-state index contributed by atoms with van der Waals surface area (Å²) >= 11 is 0. The van der Waals surface area contributed by atoms with Gasteiger partial charge in [0.15, 0.2) is 0 Å². The van der Waals surface area contributed by atoms with Crippen LogP contribution in [0.2, 0.25) is 0 Å². The van der Waals surface area contributed by atoms with Crippen molar-refractivity contribution in [2.75, 3.05) is 70.6 Å². The number of rotatable bonds is 12. The number of methoxy groups -OCH3 is 1. The highest BCUT2D eigenvalue weighted by Gasteiger charge is 2.18. The van der Waals surface area contributed by atoms with Crippen molar-refractivity contribution in [3.63, 3.8) is 0 Å². The minimum absolute atomic E-state index is 0.178. The first-order valence-corrected chi connectivity index (χ1v) is 12.3. The largest absolute Gasteiger partial charge is 0.496 e. The molecule has 0 fully saturated rings. The molecular weight excluding hydrogens is 480 g/mol. The van der Waals surface area contributed by atoms with Gasteiger partial charge in [0, 0.05) is 69.7 Å². The molecule has 3 aromatic rings. The number of aromatic nitrogens is 2. The molecule has 38 heavy (non-hydrogen) atoms. The zero-order chi connectivity index (χ0) is 27.8. The molecule has 200 valence electrons. The smallest absolute Gasteiger partial charge is 0.247 e. The molecule has 3 rings (SSSR count). The molecule has 9 nitrogen and oxygen atoms in total. The first-order chi connectivity index (χ1) is 18.1. The van der Waals surface area contributed by atoms with E-state index in [1.54, 1.807) is 31.5 Å². The third-order valence-corrected chi connectivity index (χ3v) is 6.07. The maximum atomic E-state index is 13.1. The zero-order valence-electron chi connectivity index (χ0n) is 23.0. The molecule has 9 heteroatoms. The predicted molar refractivity (Wildman–Crippen MR) is 153 cm³/mol. The number of carbonyl (C=O) groups excluding carboxylic acids is 2. The minimum atomic E-state index is -0.312. The van der Waals surface area contributed by atoms with Crippen LogP contribution in [0.1, 0.15) is 27.4 Å². The zero-order valence-corrected chi connectivity index (χ0v) is 23.0. The molecule has 0 saturated heterocycles. The number of hydrogen-bond acceptors (Lipinski definition) is 8. The molecule has 0 saturated carbocycles. The molecule has 0 radical (unpaired) electrons. The van der Waals surface area contributed by atoms with Crippen molar-refractivity contribution in [3.8, 4) is 5.75 Å². The van der Waals surface area contributed by atoms with Gasteiger partial charge in [-0.1, -0.05) is 6.58 Å². The summed E-state index contributed by atoms with van der Waals surface area (Å²) in [4.78, 5) is 40.4. The summed E-state index contributed by atoms with van der Waals surface area (Å²) in [6, 6.07) is 12.8. The maximum Gasteiger partial charge on any atom is 0.247 e. The SMILES string of the molecule is C=CC(=O)Nc1cc(Cc2nccc(C(=O)c3ccc(N(C)C)cc3)n2)c(OC)cc1N(C)CCN(C)C. The number of ketones is 1. The third kappa shape index (κ3) is 7.17. The molecule has 0 aliphatic rings. The first kappa shape index (κ1) is 28.3. The lowest BCUT2D eigenvalue weighted by molar-refractivity contribution is -0.111. The summed E-state index contributed by atoms with van der Waals surface area (Å²) in [6.45, 7) is 5.15. The topological polar surface area (TPSA) is 90.9 Å². The lowest BCUT2D eigenvalue weighted by Gasteiger charge is -2.25. The summed E-state index contributed by atoms with van der Waals surface area (Å²) in [6.07, 6.45) is 3.12. The summed E-state index contributed by atoms with van der Waals surface area (Å²) in [5.41, 5.74) is 4.08. The van der Waals surface area contributed by atoms with Crippen molar-refractivity contribution in [2.45, 2.75) is 6.42 Å². The van der Waals surface area contributed by atoms with Gasteiger partial charge in [0.05, 0.1) is 18.5 Å². The number of amides is 1. The van der Waals surface area contributed by atoms with Crippen molar-refractivity contribution >= 4 is 28.8 Å². The van der Waals surface area contributed by atoms with E-state index in [0.29, 0.717) is 34.9 Å². The van der Waals surface area contributed by atoms with E-state index in [-0.39, 0.29) is 11.7 Å². The summed E-state index contributed by atoms with van der Waals surface area (Å²) in [5.74, 6) is 0.608. The normalized spacial score (nSPS) is 10.7. The first-order valence-electron chi connectivity index (χ1n) is 12.3. The van der Waals surface area contributed by atoms with Crippen LogP contribution >= 0.6 is 0 Å². The van der Waals surface area contributed by atoms with E-state index in [0.717, 1.165) is 30.0 Å². The maximum absolute atomic E-state index is 13.1. The van der Waals surface area contributed by atoms with Crippen LogP contribution < -0.4 is 19.9 Å².